The van der Waals surface area contributed by atoms with Crippen LogP contribution in [0.25, 0.3) is 63.4 Å². The number of ether oxygens (including phenoxy) is 3. The van der Waals surface area contributed by atoms with Crippen molar-refractivity contribution in [2.24, 2.45) is 0 Å². The molecule has 0 fully saturated rings. The van der Waals surface area contributed by atoms with E-state index >= 15 is 0 Å². The fourth-order valence-corrected chi connectivity index (χ4v) is 11.7. The summed E-state index contributed by atoms with van der Waals surface area (Å²) >= 11 is 3.77. The summed E-state index contributed by atoms with van der Waals surface area (Å²) in [6.45, 7) is 7.76. The van der Waals surface area contributed by atoms with Crippen molar-refractivity contribution in [1.29, 1.82) is 0 Å². The molecule has 0 unspecified atom stereocenters. The molecule has 78 heavy (non-hydrogen) atoms. The second-order valence-corrected chi connectivity index (χ2v) is 23.0. The first-order valence-corrected chi connectivity index (χ1v) is 30.8. The number of nitrogens with zero attached hydrogens (tertiary/aromatic N) is 6. The number of aromatic nitrogens is 6. The van der Waals surface area contributed by atoms with Crippen LogP contribution in [0.2, 0.25) is 0 Å². The lowest BCUT2D eigenvalue weighted by molar-refractivity contribution is 0.274. The van der Waals surface area contributed by atoms with Crippen LogP contribution in [-0.2, 0) is 0 Å². The summed E-state index contributed by atoms with van der Waals surface area (Å²) in [6, 6.07) is 14.8. The van der Waals surface area contributed by atoms with E-state index in [0.29, 0.717) is 83.2 Å². The Bertz CT molecular complexity index is 2550. The van der Waals surface area contributed by atoms with E-state index in [1.165, 1.54) is 167 Å². The molecule has 0 atom stereocenters. The van der Waals surface area contributed by atoms with Gasteiger partial charge in [0.25, 0.3) is 0 Å². The molecule has 7 aromatic rings. The third-order valence-corrected chi connectivity index (χ3v) is 16.6. The van der Waals surface area contributed by atoms with Gasteiger partial charge in [0, 0.05) is 33.4 Å². The van der Waals surface area contributed by atoms with Gasteiger partial charge in [0.15, 0.2) is 34.5 Å². The van der Waals surface area contributed by atoms with E-state index in [-0.39, 0.29) is 51.7 Å². The quantitative estimate of drug-likeness (QED) is 0.0201. The van der Waals surface area contributed by atoms with Crippen LogP contribution in [0.1, 0.15) is 175 Å². The molecule has 0 aliphatic carbocycles. The van der Waals surface area contributed by atoms with Crippen LogP contribution in [0.3, 0.4) is 0 Å². The molecule has 7 rings (SSSR count). The third-order valence-electron chi connectivity index (χ3n) is 13.6. The lowest BCUT2D eigenvalue weighted by Crippen LogP contribution is -1.98. The number of aromatic hydroxyl groups is 6. The van der Waals surface area contributed by atoms with E-state index in [2.05, 4.69) is 51.4 Å². The van der Waals surface area contributed by atoms with E-state index in [4.69, 9.17) is 14.2 Å². The SMILES string of the molecule is CCCCCCCCCCOc1c(O)cc(-c2nnc(-c3cc(-c4nnc(-c5cc(O)c(OCCCCCCCCCC)c(O)c5)s4)cc(-c4nnc(-c5cc(O)c(OCCCCCCCCCC)c(O)c5)s4)c3)s2)cc1O. The van der Waals surface area contributed by atoms with Gasteiger partial charge in [-0.3, -0.25) is 0 Å². The third kappa shape index (κ3) is 17.4. The van der Waals surface area contributed by atoms with Gasteiger partial charge >= 0.3 is 0 Å². The predicted molar refractivity (Wildman–Crippen MR) is 314 cm³/mol. The highest BCUT2D eigenvalue weighted by molar-refractivity contribution is 7.19. The molecule has 420 valence electrons. The van der Waals surface area contributed by atoms with Crippen molar-refractivity contribution in [2.45, 2.75) is 175 Å². The topological polar surface area (TPSA) is 226 Å². The molecule has 0 saturated heterocycles. The largest absolute Gasteiger partial charge is 0.504 e. The molecule has 0 amide bonds. The molecule has 0 saturated carbocycles. The van der Waals surface area contributed by atoms with Crippen molar-refractivity contribution in [3.05, 3.63) is 54.6 Å². The fourth-order valence-electron chi connectivity index (χ4n) is 9.21. The lowest BCUT2D eigenvalue weighted by Gasteiger charge is -2.11. The van der Waals surface area contributed by atoms with Crippen molar-refractivity contribution in [1.82, 2.24) is 30.6 Å². The minimum Gasteiger partial charge on any atom is -0.504 e. The maximum Gasteiger partial charge on any atom is 0.203 e. The van der Waals surface area contributed by atoms with Crippen molar-refractivity contribution < 1.29 is 44.8 Å². The van der Waals surface area contributed by atoms with Gasteiger partial charge in [0.1, 0.15) is 30.0 Å². The summed E-state index contributed by atoms with van der Waals surface area (Å²) in [6.07, 6.45) is 27.4. The standard InChI is InChI=1S/C60H78N6O9S3/c1-4-7-10-13-16-19-22-25-28-73-52-46(67)34-43(35-47(52)68)58-64-61-55(76-58)40-31-41(56-62-65-59(77-56)44-36-48(69)53(49(70)37-44)74-29-26-23-20-17-14-11-8-5-2)33-42(32-40)57-63-66-60(78-57)45-38-50(71)54(51(72)39-45)75-30-27-24-21-18-15-12-9-6-3/h31-39,67-72H,4-30H2,1-3H3. The van der Waals surface area contributed by atoms with E-state index in [9.17, 15) is 30.6 Å². The number of rotatable bonds is 36. The monoisotopic (exact) mass is 1120 g/mol. The molecule has 3 heterocycles. The molecular formula is C60H78N6O9S3. The molecule has 3 aromatic heterocycles. The summed E-state index contributed by atoms with van der Waals surface area (Å²) < 4.78 is 17.5. The van der Waals surface area contributed by atoms with Crippen molar-refractivity contribution in [3.8, 4) is 115 Å². The number of phenolic OH excluding ortho intramolecular Hbond substituents is 6. The van der Waals surface area contributed by atoms with Gasteiger partial charge in [-0.05, 0) is 73.9 Å². The van der Waals surface area contributed by atoms with Gasteiger partial charge in [-0.1, -0.05) is 190 Å². The first kappa shape index (κ1) is 59.4. The highest BCUT2D eigenvalue weighted by Crippen LogP contribution is 2.46. The normalized spacial score (nSPS) is 11.4. The minimum atomic E-state index is -0.199. The first-order valence-electron chi connectivity index (χ1n) is 28.3. The van der Waals surface area contributed by atoms with Gasteiger partial charge < -0.3 is 44.8 Å². The summed E-state index contributed by atoms with van der Waals surface area (Å²) in [7, 11) is 0. The molecule has 0 bridgehead atoms. The summed E-state index contributed by atoms with van der Waals surface area (Å²) in [5.41, 5.74) is 3.33. The zero-order valence-corrected chi connectivity index (χ0v) is 48.1. The van der Waals surface area contributed by atoms with Crippen molar-refractivity contribution in [2.75, 3.05) is 19.8 Å². The van der Waals surface area contributed by atoms with Crippen LogP contribution in [0.15, 0.2) is 54.6 Å². The molecule has 0 radical (unpaired) electrons. The molecular weight excluding hydrogens is 1040 g/mol. The number of unbranched alkanes of at least 4 members (excludes halogenated alkanes) is 21. The molecule has 18 heteroatoms. The number of benzene rings is 4. The van der Waals surface area contributed by atoms with E-state index in [0.717, 1.165) is 57.8 Å². The van der Waals surface area contributed by atoms with Crippen molar-refractivity contribution >= 4 is 34.0 Å². The maximum absolute atomic E-state index is 11.0. The van der Waals surface area contributed by atoms with Crippen LogP contribution < -0.4 is 14.2 Å². The fraction of sp³-hybridized carbons (Fsp3) is 0.500. The summed E-state index contributed by atoms with van der Waals surface area (Å²) in [4.78, 5) is 0. The second kappa shape index (κ2) is 31.4. The Hall–Kier alpha value is -6.24. The van der Waals surface area contributed by atoms with Gasteiger partial charge in [-0.25, -0.2) is 0 Å². The van der Waals surface area contributed by atoms with E-state index in [1.54, 1.807) is 0 Å². The lowest BCUT2D eigenvalue weighted by atomic mass is 10.1. The van der Waals surface area contributed by atoms with Gasteiger partial charge in [0.05, 0.1) is 19.8 Å². The summed E-state index contributed by atoms with van der Waals surface area (Å²) in [5, 5.41) is 96.0. The Morgan fingerprint density at radius 2 is 0.449 bits per heavy atom. The first-order chi connectivity index (χ1) is 38.1. The Morgan fingerprint density at radius 1 is 0.269 bits per heavy atom. The van der Waals surface area contributed by atoms with E-state index < -0.39 is 0 Å². The average Bonchev–Trinajstić information content (AvgIpc) is 4.27. The molecule has 6 N–H and O–H groups in total. The highest BCUT2D eigenvalue weighted by atomic mass is 32.1. The molecule has 0 aliphatic heterocycles. The van der Waals surface area contributed by atoms with Crippen LogP contribution in [0.4, 0.5) is 0 Å². The Kier molecular flexibility index (Phi) is 23.9. The molecule has 0 spiro atoms. The number of phenols is 6. The van der Waals surface area contributed by atoms with E-state index in [1.807, 2.05) is 18.2 Å². The Morgan fingerprint density at radius 3 is 0.654 bits per heavy atom. The van der Waals surface area contributed by atoms with Gasteiger partial charge in [0.2, 0.25) is 17.2 Å². The van der Waals surface area contributed by atoms with Crippen LogP contribution in [0.5, 0.6) is 51.7 Å². The van der Waals surface area contributed by atoms with Gasteiger partial charge in [-0.15, -0.1) is 30.6 Å². The molecule has 0 aliphatic rings. The zero-order valence-electron chi connectivity index (χ0n) is 45.6. The van der Waals surface area contributed by atoms with Gasteiger partial charge in [-0.2, -0.15) is 0 Å². The Balaban J connectivity index is 1.10. The number of hydrogen-bond acceptors (Lipinski definition) is 18. The Labute approximate surface area is 471 Å². The molecule has 4 aromatic carbocycles. The van der Waals surface area contributed by atoms with Crippen LogP contribution in [0, 0.1) is 0 Å². The van der Waals surface area contributed by atoms with Crippen molar-refractivity contribution in [3.63, 3.8) is 0 Å². The maximum atomic E-state index is 11.0. The van der Waals surface area contributed by atoms with Crippen LogP contribution >= 0.6 is 34.0 Å². The zero-order chi connectivity index (χ0) is 55.1. The highest BCUT2D eigenvalue weighted by Gasteiger charge is 2.22. The average molecular weight is 1120 g/mol. The summed E-state index contributed by atoms with van der Waals surface area (Å²) in [5.74, 6) is -1.10. The predicted octanol–water partition coefficient (Wildman–Crippen LogP) is 17.0. The minimum absolute atomic E-state index is 0.0317. The van der Waals surface area contributed by atoms with Crippen LogP contribution in [-0.4, -0.2) is 81.1 Å². The smallest absolute Gasteiger partial charge is 0.203 e. The second-order valence-electron chi connectivity index (χ2n) is 20.0. The number of hydrogen-bond donors (Lipinski definition) is 6. The molecule has 15 nitrogen and oxygen atoms in total.